The summed E-state index contributed by atoms with van der Waals surface area (Å²) in [4.78, 5) is 0. The first-order valence-corrected chi connectivity index (χ1v) is 8.85. The minimum atomic E-state index is -0.868. The van der Waals surface area contributed by atoms with Gasteiger partial charge in [0, 0.05) is 53.5 Å². The second kappa shape index (κ2) is 10.6. The minimum Gasteiger partial charge on any atom is -0.399 e. The van der Waals surface area contributed by atoms with Gasteiger partial charge in [0.2, 0.25) is 0 Å². The average molecular weight is 376 g/mol. The summed E-state index contributed by atoms with van der Waals surface area (Å²) in [7, 11) is 0. The Balaban J connectivity index is 2.40. The number of anilines is 4. The first-order valence-electron chi connectivity index (χ1n) is 8.85. The van der Waals surface area contributed by atoms with Crippen LogP contribution in [-0.2, 0) is 0 Å². The molecule has 0 saturated carbocycles. The van der Waals surface area contributed by atoms with Gasteiger partial charge in [0.25, 0.3) is 0 Å². The van der Waals surface area contributed by atoms with Crippen LogP contribution in [0.4, 0.5) is 22.7 Å². The van der Waals surface area contributed by atoms with E-state index >= 15 is 0 Å². The molecular weight excluding hydrogens is 348 g/mol. The van der Waals surface area contributed by atoms with E-state index in [1.807, 2.05) is 30.3 Å². The molecule has 148 valence electrons. The lowest BCUT2D eigenvalue weighted by atomic mass is 10.00. The van der Waals surface area contributed by atoms with E-state index in [4.69, 9.17) is 15.9 Å². The quantitative estimate of drug-likeness (QED) is 0.265. The van der Waals surface area contributed by atoms with Gasteiger partial charge in [-0.1, -0.05) is 6.07 Å². The Bertz CT molecular complexity index is 727. The molecule has 2 rings (SSSR count). The smallest absolute Gasteiger partial charge is 0.0942 e. The van der Waals surface area contributed by atoms with Crippen molar-refractivity contribution in [1.29, 1.82) is 0 Å². The highest BCUT2D eigenvalue weighted by molar-refractivity contribution is 5.89. The van der Waals surface area contributed by atoms with Crippen LogP contribution in [0.1, 0.15) is 0 Å². The van der Waals surface area contributed by atoms with E-state index in [0.717, 1.165) is 28.2 Å². The van der Waals surface area contributed by atoms with E-state index in [-0.39, 0.29) is 26.4 Å². The van der Waals surface area contributed by atoms with Crippen LogP contribution in [0.15, 0.2) is 36.4 Å². The number of nitrogens with one attached hydrogen (secondary N) is 3. The zero-order valence-electron chi connectivity index (χ0n) is 15.2. The summed E-state index contributed by atoms with van der Waals surface area (Å²) in [5.41, 5.74) is 10.7. The molecule has 0 aromatic heterocycles. The molecule has 0 bridgehead atoms. The SMILES string of the molecule is Nc1ccc(NCC(O)CO)c(-c2ccc(NCCO)cc2NCCO)c1. The number of rotatable bonds is 11. The Morgan fingerprint density at radius 3 is 2.26 bits per heavy atom. The number of nitrogens with two attached hydrogens (primary N) is 1. The maximum absolute atomic E-state index is 9.62. The van der Waals surface area contributed by atoms with Gasteiger partial charge in [-0.05, 0) is 30.3 Å². The molecule has 0 fully saturated rings. The Morgan fingerprint density at radius 2 is 1.56 bits per heavy atom. The number of benzene rings is 2. The number of aliphatic hydroxyl groups is 4. The summed E-state index contributed by atoms with van der Waals surface area (Å²) in [6, 6.07) is 11.1. The van der Waals surface area contributed by atoms with Crippen molar-refractivity contribution in [1.82, 2.24) is 0 Å². The van der Waals surface area contributed by atoms with Crippen LogP contribution in [0.5, 0.6) is 0 Å². The van der Waals surface area contributed by atoms with Crippen LogP contribution in [-0.4, -0.2) is 66.0 Å². The largest absolute Gasteiger partial charge is 0.399 e. The number of hydrogen-bond acceptors (Lipinski definition) is 8. The molecule has 27 heavy (non-hydrogen) atoms. The van der Waals surface area contributed by atoms with Crippen molar-refractivity contribution in [2.24, 2.45) is 0 Å². The maximum Gasteiger partial charge on any atom is 0.0942 e. The molecule has 8 nitrogen and oxygen atoms in total. The summed E-state index contributed by atoms with van der Waals surface area (Å²) >= 11 is 0. The molecule has 2 aromatic rings. The average Bonchev–Trinajstić information content (AvgIpc) is 2.69. The van der Waals surface area contributed by atoms with Crippen LogP contribution in [0.3, 0.4) is 0 Å². The standard InChI is InChI=1S/C19H28N4O4/c20-13-1-4-18(23-11-15(27)12-26)17(9-13)16-3-2-14(21-5-7-24)10-19(16)22-6-8-25/h1-4,9-10,15,21-27H,5-8,11-12,20H2. The fourth-order valence-corrected chi connectivity index (χ4v) is 2.66. The summed E-state index contributed by atoms with van der Waals surface area (Å²) in [6.07, 6.45) is -0.868. The third kappa shape index (κ3) is 6.00. The first kappa shape index (κ1) is 20.8. The Morgan fingerprint density at radius 1 is 0.815 bits per heavy atom. The van der Waals surface area contributed by atoms with Crippen molar-refractivity contribution >= 4 is 22.7 Å². The van der Waals surface area contributed by atoms with Gasteiger partial charge >= 0.3 is 0 Å². The second-order valence-corrected chi connectivity index (χ2v) is 6.08. The van der Waals surface area contributed by atoms with Gasteiger partial charge in [-0.3, -0.25) is 0 Å². The number of nitrogen functional groups attached to an aromatic ring is 1. The highest BCUT2D eigenvalue weighted by Crippen LogP contribution is 2.36. The van der Waals surface area contributed by atoms with E-state index in [1.54, 1.807) is 6.07 Å². The highest BCUT2D eigenvalue weighted by Gasteiger charge is 2.12. The molecular formula is C19H28N4O4. The Hall–Kier alpha value is -2.52. The van der Waals surface area contributed by atoms with Crippen molar-refractivity contribution in [3.63, 3.8) is 0 Å². The van der Waals surface area contributed by atoms with Crippen molar-refractivity contribution < 1.29 is 20.4 Å². The molecule has 0 heterocycles. The van der Waals surface area contributed by atoms with E-state index in [9.17, 15) is 10.2 Å². The number of aliphatic hydroxyl groups excluding tert-OH is 4. The topological polar surface area (TPSA) is 143 Å². The Kier molecular flexibility index (Phi) is 8.15. The summed E-state index contributed by atoms with van der Waals surface area (Å²) in [5.74, 6) is 0. The lowest BCUT2D eigenvalue weighted by molar-refractivity contribution is 0.105. The van der Waals surface area contributed by atoms with Gasteiger partial charge in [-0.2, -0.15) is 0 Å². The van der Waals surface area contributed by atoms with Crippen LogP contribution < -0.4 is 21.7 Å². The van der Waals surface area contributed by atoms with Gasteiger partial charge in [0.15, 0.2) is 0 Å². The lowest BCUT2D eigenvalue weighted by Gasteiger charge is -2.19. The zero-order valence-corrected chi connectivity index (χ0v) is 15.2. The molecule has 0 aliphatic carbocycles. The van der Waals surface area contributed by atoms with Crippen molar-refractivity contribution in [3.05, 3.63) is 36.4 Å². The van der Waals surface area contributed by atoms with E-state index in [2.05, 4.69) is 16.0 Å². The van der Waals surface area contributed by atoms with Gasteiger partial charge < -0.3 is 42.1 Å². The molecule has 0 spiro atoms. The maximum atomic E-state index is 9.62. The molecule has 9 N–H and O–H groups in total. The molecule has 1 atom stereocenters. The van der Waals surface area contributed by atoms with E-state index in [0.29, 0.717) is 18.8 Å². The second-order valence-electron chi connectivity index (χ2n) is 6.08. The molecule has 8 heteroatoms. The van der Waals surface area contributed by atoms with E-state index in [1.165, 1.54) is 0 Å². The zero-order chi connectivity index (χ0) is 19.6. The van der Waals surface area contributed by atoms with E-state index < -0.39 is 6.10 Å². The number of hydrogen-bond donors (Lipinski definition) is 8. The predicted octanol–water partition coefficient (Wildman–Crippen LogP) is 0.509. The van der Waals surface area contributed by atoms with Gasteiger partial charge in [0.05, 0.1) is 25.9 Å². The molecule has 0 aliphatic heterocycles. The van der Waals surface area contributed by atoms with Gasteiger partial charge in [0.1, 0.15) is 0 Å². The van der Waals surface area contributed by atoms with Crippen LogP contribution in [0.25, 0.3) is 11.1 Å². The normalized spacial score (nSPS) is 11.9. The molecule has 1 unspecified atom stereocenters. The molecule has 2 aromatic carbocycles. The lowest BCUT2D eigenvalue weighted by Crippen LogP contribution is -2.23. The summed E-state index contributed by atoms with van der Waals surface area (Å²) < 4.78 is 0. The molecule has 0 saturated heterocycles. The van der Waals surface area contributed by atoms with Crippen LogP contribution in [0, 0.1) is 0 Å². The van der Waals surface area contributed by atoms with Gasteiger partial charge in [-0.25, -0.2) is 0 Å². The molecule has 0 aliphatic rings. The fourth-order valence-electron chi connectivity index (χ4n) is 2.66. The summed E-state index contributed by atoms with van der Waals surface area (Å²) in [6.45, 7) is 0.693. The predicted molar refractivity (Wildman–Crippen MR) is 109 cm³/mol. The summed E-state index contributed by atoms with van der Waals surface area (Å²) in [5, 5.41) is 46.2. The molecule has 0 amide bonds. The Labute approximate surface area is 158 Å². The minimum absolute atomic E-state index is 0.0154. The van der Waals surface area contributed by atoms with Crippen LogP contribution >= 0.6 is 0 Å². The molecule has 0 radical (unpaired) electrons. The van der Waals surface area contributed by atoms with Crippen molar-refractivity contribution in [2.45, 2.75) is 6.10 Å². The third-order valence-corrected chi connectivity index (χ3v) is 3.96. The van der Waals surface area contributed by atoms with Crippen molar-refractivity contribution in [2.75, 3.05) is 61.1 Å². The first-order chi connectivity index (χ1) is 13.1. The monoisotopic (exact) mass is 376 g/mol. The van der Waals surface area contributed by atoms with Crippen molar-refractivity contribution in [3.8, 4) is 11.1 Å². The third-order valence-electron chi connectivity index (χ3n) is 3.96. The van der Waals surface area contributed by atoms with Crippen LogP contribution in [0.2, 0.25) is 0 Å². The van der Waals surface area contributed by atoms with Gasteiger partial charge in [-0.15, -0.1) is 0 Å². The fraction of sp³-hybridized carbons (Fsp3) is 0.368. The highest BCUT2D eigenvalue weighted by atomic mass is 16.3.